The predicted molar refractivity (Wildman–Crippen MR) is 101 cm³/mol. The molecule has 7 heteroatoms. The van der Waals surface area contributed by atoms with Gasteiger partial charge in [-0.1, -0.05) is 28.1 Å². The first-order valence-corrected chi connectivity index (χ1v) is 8.58. The van der Waals surface area contributed by atoms with Crippen LogP contribution in [-0.2, 0) is 0 Å². The summed E-state index contributed by atoms with van der Waals surface area (Å²) in [5.41, 5.74) is 1.85. The summed E-state index contributed by atoms with van der Waals surface area (Å²) in [6, 6.07) is 15.5. The maximum Gasteiger partial charge on any atom is 0.216 e. The number of aromatic amines is 1. The second-order valence-corrected chi connectivity index (χ2v) is 6.13. The van der Waals surface area contributed by atoms with E-state index in [1.807, 2.05) is 55.5 Å². The zero-order valence-corrected chi connectivity index (χ0v) is 15.3. The third kappa shape index (κ3) is 3.63. The van der Waals surface area contributed by atoms with Gasteiger partial charge in [-0.3, -0.25) is 0 Å². The number of aromatic nitrogens is 3. The van der Waals surface area contributed by atoms with E-state index in [1.165, 1.54) is 0 Å². The first kappa shape index (κ1) is 16.6. The minimum Gasteiger partial charge on any atom is -0.494 e. The van der Waals surface area contributed by atoms with Crippen molar-refractivity contribution >= 4 is 34.4 Å². The third-order valence-corrected chi connectivity index (χ3v) is 4.23. The first-order chi connectivity index (χ1) is 11.7. The molecule has 1 N–H and O–H groups in total. The molecular formula is C17H15BrN4OS. The van der Waals surface area contributed by atoms with Gasteiger partial charge in [-0.05, 0) is 61.1 Å². The highest BCUT2D eigenvalue weighted by Gasteiger charge is 2.10. The van der Waals surface area contributed by atoms with Crippen LogP contribution in [0.1, 0.15) is 12.5 Å². The first-order valence-electron chi connectivity index (χ1n) is 7.38. The Labute approximate surface area is 153 Å². The molecule has 0 saturated heterocycles. The topological polar surface area (TPSA) is 55.2 Å². The second kappa shape index (κ2) is 7.55. The van der Waals surface area contributed by atoms with Crippen molar-refractivity contribution in [3.63, 3.8) is 0 Å². The van der Waals surface area contributed by atoms with Gasteiger partial charge in [0.2, 0.25) is 4.77 Å². The number of hydrogen-bond donors (Lipinski definition) is 1. The van der Waals surface area contributed by atoms with Crippen LogP contribution in [0.4, 0.5) is 0 Å². The summed E-state index contributed by atoms with van der Waals surface area (Å²) in [6.07, 6.45) is 1.74. The fraction of sp³-hybridized carbons (Fsp3) is 0.118. The number of H-pyrrole nitrogens is 1. The summed E-state index contributed by atoms with van der Waals surface area (Å²) in [5, 5.41) is 11.5. The molecule has 0 bridgehead atoms. The van der Waals surface area contributed by atoms with E-state index in [0.29, 0.717) is 17.2 Å². The average Bonchev–Trinajstić information content (AvgIpc) is 2.96. The van der Waals surface area contributed by atoms with Gasteiger partial charge in [-0.15, -0.1) is 0 Å². The average molecular weight is 403 g/mol. The van der Waals surface area contributed by atoms with Crippen molar-refractivity contribution in [2.24, 2.45) is 5.10 Å². The summed E-state index contributed by atoms with van der Waals surface area (Å²) < 4.78 is 8.40. The Hall–Kier alpha value is -2.25. The maximum absolute atomic E-state index is 5.43. The van der Waals surface area contributed by atoms with Crippen LogP contribution in [0.2, 0.25) is 0 Å². The Morgan fingerprint density at radius 1 is 1.25 bits per heavy atom. The smallest absolute Gasteiger partial charge is 0.216 e. The summed E-state index contributed by atoms with van der Waals surface area (Å²) in [4.78, 5) is 0. The Morgan fingerprint density at radius 3 is 2.71 bits per heavy atom. The van der Waals surface area contributed by atoms with Gasteiger partial charge >= 0.3 is 0 Å². The van der Waals surface area contributed by atoms with Crippen molar-refractivity contribution < 1.29 is 4.74 Å². The van der Waals surface area contributed by atoms with Crippen LogP contribution in [0, 0.1) is 4.77 Å². The minimum atomic E-state index is 0.433. The van der Waals surface area contributed by atoms with Gasteiger partial charge in [0, 0.05) is 10.0 Å². The second-order valence-electron chi connectivity index (χ2n) is 4.89. The van der Waals surface area contributed by atoms with E-state index < -0.39 is 0 Å². The molecule has 2 aromatic carbocycles. The fourth-order valence-electron chi connectivity index (χ4n) is 2.16. The molecule has 1 heterocycles. The Bertz CT molecular complexity index is 915. The lowest BCUT2D eigenvalue weighted by molar-refractivity contribution is 0.340. The lowest BCUT2D eigenvalue weighted by Gasteiger charge is -2.04. The van der Waals surface area contributed by atoms with Crippen LogP contribution in [-0.4, -0.2) is 27.7 Å². The zero-order chi connectivity index (χ0) is 16.9. The van der Waals surface area contributed by atoms with Gasteiger partial charge in [-0.25, -0.2) is 5.10 Å². The minimum absolute atomic E-state index is 0.433. The zero-order valence-electron chi connectivity index (χ0n) is 12.9. The molecule has 0 atom stereocenters. The molecule has 0 unspecified atom stereocenters. The molecule has 0 radical (unpaired) electrons. The molecule has 3 rings (SSSR count). The lowest BCUT2D eigenvalue weighted by Crippen LogP contribution is -1.96. The molecule has 3 aromatic rings. The van der Waals surface area contributed by atoms with Gasteiger partial charge in [0.25, 0.3) is 0 Å². The molecule has 1 aromatic heterocycles. The molecule has 5 nitrogen and oxygen atoms in total. The predicted octanol–water partition coefficient (Wildman–Crippen LogP) is 4.65. The quantitative estimate of drug-likeness (QED) is 0.498. The van der Waals surface area contributed by atoms with Gasteiger partial charge in [0.15, 0.2) is 5.82 Å². The van der Waals surface area contributed by atoms with Crippen molar-refractivity contribution in [3.8, 4) is 17.1 Å². The summed E-state index contributed by atoms with van der Waals surface area (Å²) in [5.74, 6) is 1.48. The van der Waals surface area contributed by atoms with E-state index in [4.69, 9.17) is 17.0 Å². The van der Waals surface area contributed by atoms with Crippen molar-refractivity contribution in [1.29, 1.82) is 0 Å². The van der Waals surface area contributed by atoms with Gasteiger partial charge in [0.1, 0.15) is 5.75 Å². The number of benzene rings is 2. The highest BCUT2D eigenvalue weighted by Crippen LogP contribution is 2.26. The molecule has 0 spiro atoms. The third-order valence-electron chi connectivity index (χ3n) is 3.28. The number of ether oxygens (including phenoxy) is 1. The number of rotatable bonds is 5. The number of hydrogen-bond acceptors (Lipinski definition) is 4. The lowest BCUT2D eigenvalue weighted by atomic mass is 10.2. The van der Waals surface area contributed by atoms with Crippen LogP contribution in [0.5, 0.6) is 5.75 Å². The maximum atomic E-state index is 5.43. The van der Waals surface area contributed by atoms with Crippen LogP contribution in [0.25, 0.3) is 11.4 Å². The molecule has 0 aliphatic rings. The van der Waals surface area contributed by atoms with Crippen molar-refractivity contribution in [2.45, 2.75) is 6.92 Å². The number of halogens is 1. The Balaban J connectivity index is 1.92. The summed E-state index contributed by atoms with van der Waals surface area (Å²) in [7, 11) is 0. The van der Waals surface area contributed by atoms with Gasteiger partial charge < -0.3 is 4.74 Å². The largest absolute Gasteiger partial charge is 0.494 e. The number of nitrogens with one attached hydrogen (secondary N) is 1. The Kier molecular flexibility index (Phi) is 5.22. The monoisotopic (exact) mass is 402 g/mol. The van der Waals surface area contributed by atoms with Crippen LogP contribution >= 0.6 is 28.1 Å². The number of nitrogens with zero attached hydrogens (tertiary/aromatic N) is 3. The SMILES string of the molecule is CCOc1ccc(/C=N\n2c(-c3ccccc3Br)n[nH]c2=S)cc1. The molecule has 122 valence electrons. The molecule has 0 fully saturated rings. The molecule has 0 aliphatic heterocycles. The molecular weight excluding hydrogens is 388 g/mol. The van der Waals surface area contributed by atoms with E-state index in [1.54, 1.807) is 10.9 Å². The summed E-state index contributed by atoms with van der Waals surface area (Å²) in [6.45, 7) is 2.60. The molecule has 0 amide bonds. The van der Waals surface area contributed by atoms with Gasteiger partial charge in [-0.2, -0.15) is 14.9 Å². The molecule has 24 heavy (non-hydrogen) atoms. The van der Waals surface area contributed by atoms with Gasteiger partial charge in [0.05, 0.1) is 12.8 Å². The van der Waals surface area contributed by atoms with Crippen molar-refractivity contribution in [3.05, 3.63) is 63.3 Å². The van der Waals surface area contributed by atoms with E-state index in [0.717, 1.165) is 21.3 Å². The Morgan fingerprint density at radius 2 is 2.00 bits per heavy atom. The van der Waals surface area contributed by atoms with Crippen LogP contribution in [0.3, 0.4) is 0 Å². The van der Waals surface area contributed by atoms with E-state index >= 15 is 0 Å². The van der Waals surface area contributed by atoms with Crippen molar-refractivity contribution in [2.75, 3.05) is 6.61 Å². The van der Waals surface area contributed by atoms with Crippen LogP contribution in [0.15, 0.2) is 58.1 Å². The van der Waals surface area contributed by atoms with E-state index in [-0.39, 0.29) is 0 Å². The fourth-order valence-corrected chi connectivity index (χ4v) is 2.80. The van der Waals surface area contributed by atoms with Crippen LogP contribution < -0.4 is 4.74 Å². The summed E-state index contributed by atoms with van der Waals surface area (Å²) >= 11 is 8.81. The standard InChI is InChI=1S/C17H15BrN4OS/c1-2-23-13-9-7-12(8-10-13)11-19-22-16(20-21-17(22)24)14-5-3-4-6-15(14)18/h3-11H,2H2,1H3,(H,21,24)/b19-11-. The normalized spacial score (nSPS) is 11.1. The highest BCUT2D eigenvalue weighted by atomic mass is 79.9. The molecule has 0 aliphatic carbocycles. The van der Waals surface area contributed by atoms with E-state index in [2.05, 4.69) is 31.2 Å². The highest BCUT2D eigenvalue weighted by molar-refractivity contribution is 9.10. The molecule has 0 saturated carbocycles. The van der Waals surface area contributed by atoms with E-state index in [9.17, 15) is 0 Å². The van der Waals surface area contributed by atoms with Crippen molar-refractivity contribution in [1.82, 2.24) is 14.9 Å².